The maximum atomic E-state index is 14.2. The molecule has 0 unspecified atom stereocenters. The highest BCUT2D eigenvalue weighted by Gasteiger charge is 2.30. The van der Waals surface area contributed by atoms with Crippen LogP contribution in [0.1, 0.15) is 11.1 Å². The third-order valence-corrected chi connectivity index (χ3v) is 8.48. The van der Waals surface area contributed by atoms with Crippen molar-refractivity contribution >= 4 is 21.6 Å². The summed E-state index contributed by atoms with van der Waals surface area (Å²) in [5.41, 5.74) is 2.19. The molecule has 7 nitrogen and oxygen atoms in total. The Kier molecular flexibility index (Phi) is 8.45. The highest BCUT2D eigenvalue weighted by molar-refractivity contribution is 7.89. The first-order valence-electron chi connectivity index (χ1n) is 12.3. The second-order valence-corrected chi connectivity index (χ2v) is 11.0. The fourth-order valence-electron chi connectivity index (χ4n) is 4.50. The number of rotatable bonds is 9. The smallest absolute Gasteiger partial charge is 0.243 e. The highest BCUT2D eigenvalue weighted by Crippen LogP contribution is 2.25. The minimum absolute atomic E-state index is 0.121. The third-order valence-electron chi connectivity index (χ3n) is 6.63. The molecule has 196 valence electrons. The van der Waals surface area contributed by atoms with Gasteiger partial charge in [-0.3, -0.25) is 4.79 Å². The molecule has 0 radical (unpaired) electrons. The number of hydrogen-bond acceptors (Lipinski definition) is 5. The van der Waals surface area contributed by atoms with E-state index < -0.39 is 10.0 Å². The number of piperazine rings is 1. The zero-order valence-electron chi connectivity index (χ0n) is 21.1. The van der Waals surface area contributed by atoms with Gasteiger partial charge in [0.05, 0.1) is 24.2 Å². The van der Waals surface area contributed by atoms with Crippen LogP contribution in [0, 0.1) is 12.7 Å². The number of halogens is 1. The van der Waals surface area contributed by atoms with E-state index in [4.69, 9.17) is 4.74 Å². The molecule has 9 heteroatoms. The van der Waals surface area contributed by atoms with E-state index >= 15 is 0 Å². The quantitative estimate of drug-likeness (QED) is 0.426. The maximum absolute atomic E-state index is 14.2. The van der Waals surface area contributed by atoms with E-state index in [2.05, 4.69) is 0 Å². The summed E-state index contributed by atoms with van der Waals surface area (Å²) in [5.74, 6) is 0.0314. The molecule has 0 saturated carbocycles. The summed E-state index contributed by atoms with van der Waals surface area (Å²) in [6, 6.07) is 20.9. The van der Waals surface area contributed by atoms with E-state index in [9.17, 15) is 17.6 Å². The molecule has 0 N–H and O–H groups in total. The average Bonchev–Trinajstić information content (AvgIpc) is 2.91. The molecule has 1 amide bonds. The van der Waals surface area contributed by atoms with Gasteiger partial charge in [0.2, 0.25) is 15.9 Å². The Bertz CT molecular complexity index is 1330. The fourth-order valence-corrected chi connectivity index (χ4v) is 5.97. The maximum Gasteiger partial charge on any atom is 0.243 e. The summed E-state index contributed by atoms with van der Waals surface area (Å²) in [5, 5.41) is 0. The van der Waals surface area contributed by atoms with E-state index in [1.165, 1.54) is 23.5 Å². The molecule has 0 bridgehead atoms. The van der Waals surface area contributed by atoms with Crippen LogP contribution in [0.5, 0.6) is 5.75 Å². The first-order valence-corrected chi connectivity index (χ1v) is 13.7. The number of nitrogens with zero attached hydrogens (tertiary/aromatic N) is 3. The lowest BCUT2D eigenvalue weighted by Gasteiger charge is -2.37. The first kappa shape index (κ1) is 26.6. The molecule has 0 aliphatic carbocycles. The minimum Gasteiger partial charge on any atom is -0.496 e. The Morgan fingerprint density at radius 3 is 2.30 bits per heavy atom. The Hall–Kier alpha value is -3.43. The van der Waals surface area contributed by atoms with Crippen molar-refractivity contribution in [3.8, 4) is 5.75 Å². The van der Waals surface area contributed by atoms with Gasteiger partial charge in [0, 0.05) is 32.7 Å². The van der Waals surface area contributed by atoms with E-state index in [1.807, 2.05) is 35.2 Å². The van der Waals surface area contributed by atoms with Gasteiger partial charge in [-0.05, 0) is 54.8 Å². The number of ether oxygens (including phenoxy) is 1. The zero-order chi connectivity index (χ0) is 26.4. The van der Waals surface area contributed by atoms with Crippen LogP contribution in [0.15, 0.2) is 77.7 Å². The van der Waals surface area contributed by atoms with Crippen molar-refractivity contribution in [2.75, 3.05) is 51.3 Å². The first-order chi connectivity index (χ1) is 17.8. The van der Waals surface area contributed by atoms with Gasteiger partial charge in [-0.25, -0.2) is 12.8 Å². The van der Waals surface area contributed by atoms with E-state index in [0.29, 0.717) is 49.6 Å². The number of para-hydroxylation sites is 1. The molecular formula is C28H32FN3O4S. The van der Waals surface area contributed by atoms with Crippen LogP contribution in [-0.2, 0) is 21.2 Å². The number of methoxy groups -OCH3 is 1. The molecule has 0 spiro atoms. The average molecular weight is 526 g/mol. The summed E-state index contributed by atoms with van der Waals surface area (Å²) < 4.78 is 48.0. The fraction of sp³-hybridized carbons (Fsp3) is 0.321. The standard InChI is InChI=1S/C28H32FN3O4S/c1-22-20-24(12-13-27(22)36-2)37(34,35)32(15-14-23-8-4-3-5-9-23)21-28(33)31-18-16-30(17-19-31)26-11-7-6-10-25(26)29/h3-13,20H,14-19,21H2,1-2H3. The predicted molar refractivity (Wildman–Crippen MR) is 142 cm³/mol. The van der Waals surface area contributed by atoms with E-state index in [-0.39, 0.29) is 29.7 Å². The van der Waals surface area contributed by atoms with Gasteiger partial charge < -0.3 is 14.5 Å². The molecule has 3 aromatic carbocycles. The van der Waals surface area contributed by atoms with Crippen molar-refractivity contribution in [2.45, 2.75) is 18.2 Å². The molecule has 37 heavy (non-hydrogen) atoms. The topological polar surface area (TPSA) is 70.2 Å². The van der Waals surface area contributed by atoms with Gasteiger partial charge in [-0.2, -0.15) is 4.31 Å². The van der Waals surface area contributed by atoms with Crippen molar-refractivity contribution in [3.63, 3.8) is 0 Å². The second-order valence-electron chi connectivity index (χ2n) is 9.02. The van der Waals surface area contributed by atoms with Crippen molar-refractivity contribution in [1.29, 1.82) is 0 Å². The van der Waals surface area contributed by atoms with Crippen LogP contribution >= 0.6 is 0 Å². The van der Waals surface area contributed by atoms with Crippen LogP contribution < -0.4 is 9.64 Å². The number of amides is 1. The lowest BCUT2D eigenvalue weighted by atomic mass is 10.1. The van der Waals surface area contributed by atoms with Gasteiger partial charge >= 0.3 is 0 Å². The lowest BCUT2D eigenvalue weighted by Crippen LogP contribution is -2.52. The lowest BCUT2D eigenvalue weighted by molar-refractivity contribution is -0.131. The van der Waals surface area contributed by atoms with Crippen LogP contribution in [0.3, 0.4) is 0 Å². The van der Waals surface area contributed by atoms with Gasteiger partial charge in [0.1, 0.15) is 11.6 Å². The summed E-state index contributed by atoms with van der Waals surface area (Å²) in [7, 11) is -2.41. The van der Waals surface area contributed by atoms with E-state index in [0.717, 1.165) is 5.56 Å². The number of aryl methyl sites for hydroxylation is 1. The van der Waals surface area contributed by atoms with Crippen LogP contribution in [0.2, 0.25) is 0 Å². The molecule has 1 saturated heterocycles. The van der Waals surface area contributed by atoms with Crippen molar-refractivity contribution < 1.29 is 22.3 Å². The third kappa shape index (κ3) is 6.29. The number of anilines is 1. The van der Waals surface area contributed by atoms with Gasteiger partial charge in [-0.1, -0.05) is 42.5 Å². The van der Waals surface area contributed by atoms with Crippen LogP contribution in [0.4, 0.5) is 10.1 Å². The van der Waals surface area contributed by atoms with Crippen molar-refractivity contribution in [3.05, 3.63) is 89.7 Å². The summed E-state index contributed by atoms with van der Waals surface area (Å²) in [6.45, 7) is 3.41. The number of sulfonamides is 1. The Labute approximate surface area is 218 Å². The van der Waals surface area contributed by atoms with Crippen molar-refractivity contribution in [2.24, 2.45) is 0 Å². The largest absolute Gasteiger partial charge is 0.496 e. The second kappa shape index (κ2) is 11.7. The highest BCUT2D eigenvalue weighted by atomic mass is 32.2. The zero-order valence-corrected chi connectivity index (χ0v) is 22.0. The summed E-state index contributed by atoms with van der Waals surface area (Å²) >= 11 is 0. The molecule has 0 aromatic heterocycles. The summed E-state index contributed by atoms with van der Waals surface area (Å²) in [6.07, 6.45) is 0.476. The monoisotopic (exact) mass is 525 g/mol. The van der Waals surface area contributed by atoms with E-state index in [1.54, 1.807) is 42.2 Å². The number of carbonyl (C=O) groups is 1. The predicted octanol–water partition coefficient (Wildman–Crippen LogP) is 3.72. The molecule has 1 heterocycles. The van der Waals surface area contributed by atoms with Gasteiger partial charge in [0.25, 0.3) is 0 Å². The van der Waals surface area contributed by atoms with Crippen LogP contribution in [-0.4, -0.2) is 69.9 Å². The minimum atomic E-state index is -3.94. The normalized spacial score (nSPS) is 14.2. The van der Waals surface area contributed by atoms with Crippen molar-refractivity contribution in [1.82, 2.24) is 9.21 Å². The Morgan fingerprint density at radius 1 is 0.973 bits per heavy atom. The van der Waals surface area contributed by atoms with Gasteiger partial charge in [-0.15, -0.1) is 0 Å². The molecule has 1 aliphatic rings. The summed E-state index contributed by atoms with van der Waals surface area (Å²) in [4.78, 5) is 17.0. The molecule has 1 fully saturated rings. The van der Waals surface area contributed by atoms with Crippen LogP contribution in [0.25, 0.3) is 0 Å². The molecular weight excluding hydrogens is 493 g/mol. The molecule has 1 aliphatic heterocycles. The number of carbonyl (C=O) groups excluding carboxylic acids is 1. The SMILES string of the molecule is COc1ccc(S(=O)(=O)N(CCc2ccccc2)CC(=O)N2CCN(c3ccccc3F)CC2)cc1C. The molecule has 3 aromatic rings. The molecule has 0 atom stereocenters. The molecule has 4 rings (SSSR count). The number of benzene rings is 3. The number of hydrogen-bond donors (Lipinski definition) is 0. The Morgan fingerprint density at radius 2 is 1.65 bits per heavy atom. The van der Waals surface area contributed by atoms with Gasteiger partial charge in [0.15, 0.2) is 0 Å². The Balaban J connectivity index is 1.49.